The van der Waals surface area contributed by atoms with Gasteiger partial charge in [0.2, 0.25) is 0 Å². The van der Waals surface area contributed by atoms with Gasteiger partial charge in [0, 0.05) is 5.75 Å². The molecular weight excluding hydrogens is 276 g/mol. The van der Waals surface area contributed by atoms with Crippen molar-refractivity contribution in [2.24, 2.45) is 5.73 Å². The first-order chi connectivity index (χ1) is 9.43. The normalized spacial score (nSPS) is 13.9. The van der Waals surface area contributed by atoms with Crippen molar-refractivity contribution in [3.05, 3.63) is 47.3 Å². The summed E-state index contributed by atoms with van der Waals surface area (Å²) in [6.07, 6.45) is 0. The Kier molecular flexibility index (Phi) is 4.15. The Morgan fingerprint density at radius 1 is 1.40 bits per heavy atom. The van der Waals surface area contributed by atoms with Crippen molar-refractivity contribution in [2.45, 2.75) is 24.6 Å². The van der Waals surface area contributed by atoms with Gasteiger partial charge < -0.3 is 15.3 Å². The van der Waals surface area contributed by atoms with E-state index in [4.69, 9.17) is 10.2 Å². The number of carboxylic acids is 1. The van der Waals surface area contributed by atoms with E-state index in [1.165, 1.54) is 11.8 Å². The molecular formula is C14H16N2O3S. The average Bonchev–Trinajstić information content (AvgIpc) is 2.76. The SMILES string of the molecule is Cc1nc(SCC(N)(C(=O)O)c2ccccc2)oc1C. The summed E-state index contributed by atoms with van der Waals surface area (Å²) in [7, 11) is 0. The van der Waals surface area contributed by atoms with Crippen LogP contribution in [0.3, 0.4) is 0 Å². The monoisotopic (exact) mass is 292 g/mol. The number of rotatable bonds is 5. The van der Waals surface area contributed by atoms with Gasteiger partial charge >= 0.3 is 5.97 Å². The predicted molar refractivity (Wildman–Crippen MR) is 76.6 cm³/mol. The maximum Gasteiger partial charge on any atom is 0.329 e. The van der Waals surface area contributed by atoms with Crippen LogP contribution in [-0.2, 0) is 10.3 Å². The van der Waals surface area contributed by atoms with Crippen LogP contribution in [0.5, 0.6) is 0 Å². The first kappa shape index (κ1) is 14.6. The zero-order valence-corrected chi connectivity index (χ0v) is 12.1. The van der Waals surface area contributed by atoms with Crippen molar-refractivity contribution >= 4 is 17.7 Å². The van der Waals surface area contributed by atoms with Crippen molar-refractivity contribution in [3.63, 3.8) is 0 Å². The minimum atomic E-state index is -1.47. The smallest absolute Gasteiger partial charge is 0.329 e. The summed E-state index contributed by atoms with van der Waals surface area (Å²) in [5, 5.41) is 9.87. The molecule has 1 atom stereocenters. The van der Waals surface area contributed by atoms with Crippen LogP contribution < -0.4 is 5.73 Å². The second-order valence-corrected chi connectivity index (χ2v) is 5.48. The van der Waals surface area contributed by atoms with Gasteiger partial charge in [-0.25, -0.2) is 9.78 Å². The molecule has 3 N–H and O–H groups in total. The summed E-state index contributed by atoms with van der Waals surface area (Å²) in [4.78, 5) is 15.7. The van der Waals surface area contributed by atoms with Gasteiger partial charge in [0.25, 0.3) is 5.22 Å². The topological polar surface area (TPSA) is 89.3 Å². The molecule has 2 aromatic rings. The number of aromatic nitrogens is 1. The van der Waals surface area contributed by atoms with Gasteiger partial charge in [0.05, 0.1) is 5.69 Å². The van der Waals surface area contributed by atoms with Crippen LogP contribution in [0.25, 0.3) is 0 Å². The van der Waals surface area contributed by atoms with Gasteiger partial charge in [0.15, 0.2) is 0 Å². The third kappa shape index (κ3) is 2.86. The predicted octanol–water partition coefficient (Wildman–Crippen LogP) is 2.32. The summed E-state index contributed by atoms with van der Waals surface area (Å²) >= 11 is 1.20. The second-order valence-electron chi connectivity index (χ2n) is 4.55. The van der Waals surface area contributed by atoms with E-state index < -0.39 is 11.5 Å². The van der Waals surface area contributed by atoms with Crippen molar-refractivity contribution in [2.75, 3.05) is 5.75 Å². The number of aryl methyl sites for hydroxylation is 2. The van der Waals surface area contributed by atoms with Gasteiger partial charge in [-0.3, -0.25) is 0 Å². The van der Waals surface area contributed by atoms with Crippen molar-refractivity contribution in [1.82, 2.24) is 4.98 Å². The first-order valence-electron chi connectivity index (χ1n) is 6.08. The quantitative estimate of drug-likeness (QED) is 0.822. The lowest BCUT2D eigenvalue weighted by molar-refractivity contribution is -0.142. The molecule has 0 fully saturated rings. The molecule has 0 saturated heterocycles. The van der Waals surface area contributed by atoms with Crippen LogP contribution >= 0.6 is 11.8 Å². The number of hydrogen-bond acceptors (Lipinski definition) is 5. The molecule has 106 valence electrons. The Bertz CT molecular complexity index is 593. The fraction of sp³-hybridized carbons (Fsp3) is 0.286. The zero-order valence-electron chi connectivity index (χ0n) is 11.3. The molecule has 1 aromatic carbocycles. The molecule has 0 spiro atoms. The Hall–Kier alpha value is -1.79. The Morgan fingerprint density at radius 2 is 2.05 bits per heavy atom. The first-order valence-corrected chi connectivity index (χ1v) is 7.06. The van der Waals surface area contributed by atoms with E-state index in [1.807, 2.05) is 19.9 Å². The molecule has 0 bridgehead atoms. The van der Waals surface area contributed by atoms with E-state index in [-0.39, 0.29) is 5.75 Å². The van der Waals surface area contributed by atoms with Crippen LogP contribution in [0, 0.1) is 13.8 Å². The maximum atomic E-state index is 11.5. The third-order valence-corrected chi connectivity index (χ3v) is 4.12. The lowest BCUT2D eigenvalue weighted by Gasteiger charge is -2.24. The number of benzene rings is 1. The summed E-state index contributed by atoms with van der Waals surface area (Å²) in [6.45, 7) is 3.66. The van der Waals surface area contributed by atoms with Crippen molar-refractivity contribution in [3.8, 4) is 0 Å². The Labute approximate surface area is 121 Å². The Balaban J connectivity index is 2.20. The lowest BCUT2D eigenvalue weighted by Crippen LogP contribution is -2.47. The highest BCUT2D eigenvalue weighted by molar-refractivity contribution is 7.99. The van der Waals surface area contributed by atoms with Gasteiger partial charge in [-0.2, -0.15) is 0 Å². The Morgan fingerprint density at radius 3 is 2.55 bits per heavy atom. The zero-order chi connectivity index (χ0) is 14.8. The minimum absolute atomic E-state index is 0.145. The summed E-state index contributed by atoms with van der Waals surface area (Å²) in [6, 6.07) is 8.77. The standard InChI is InChI=1S/C14H16N2O3S/c1-9-10(2)19-13(16-9)20-8-14(15,12(17)18)11-6-4-3-5-7-11/h3-7H,8,15H2,1-2H3,(H,17,18). The third-order valence-electron chi connectivity index (χ3n) is 3.10. The highest BCUT2D eigenvalue weighted by atomic mass is 32.2. The van der Waals surface area contributed by atoms with Gasteiger partial charge in [-0.15, -0.1) is 0 Å². The molecule has 0 aliphatic carbocycles. The van der Waals surface area contributed by atoms with Crippen LogP contribution in [0.1, 0.15) is 17.0 Å². The van der Waals surface area contributed by atoms with Gasteiger partial charge in [-0.1, -0.05) is 42.1 Å². The number of oxazole rings is 1. The number of hydrogen-bond donors (Lipinski definition) is 2. The summed E-state index contributed by atoms with van der Waals surface area (Å²) in [5.41, 5.74) is 5.95. The van der Waals surface area contributed by atoms with E-state index >= 15 is 0 Å². The lowest BCUT2D eigenvalue weighted by atomic mass is 9.93. The van der Waals surface area contributed by atoms with E-state index in [0.29, 0.717) is 10.8 Å². The molecule has 0 radical (unpaired) electrons. The maximum absolute atomic E-state index is 11.5. The molecule has 20 heavy (non-hydrogen) atoms. The second kappa shape index (κ2) is 5.68. The summed E-state index contributed by atoms with van der Waals surface area (Å²) < 4.78 is 5.43. The van der Waals surface area contributed by atoms with Crippen molar-refractivity contribution < 1.29 is 14.3 Å². The molecule has 6 heteroatoms. The van der Waals surface area contributed by atoms with E-state index in [0.717, 1.165) is 11.5 Å². The number of carbonyl (C=O) groups is 1. The van der Waals surface area contributed by atoms with Crippen molar-refractivity contribution in [1.29, 1.82) is 0 Å². The summed E-state index contributed by atoms with van der Waals surface area (Å²) in [5.74, 6) is -0.201. The number of nitrogens with zero attached hydrogens (tertiary/aromatic N) is 1. The molecule has 1 heterocycles. The fourth-order valence-corrected chi connectivity index (χ4v) is 2.71. The van der Waals surface area contributed by atoms with Crippen LogP contribution in [-0.4, -0.2) is 21.8 Å². The molecule has 0 amide bonds. The minimum Gasteiger partial charge on any atom is -0.480 e. The number of aliphatic carboxylic acids is 1. The number of carboxylic acid groups (broad SMARTS) is 1. The van der Waals surface area contributed by atoms with Crippen LogP contribution in [0.4, 0.5) is 0 Å². The van der Waals surface area contributed by atoms with E-state index in [9.17, 15) is 9.90 Å². The molecule has 1 unspecified atom stereocenters. The molecule has 0 aliphatic heterocycles. The highest BCUT2D eigenvalue weighted by Gasteiger charge is 2.36. The molecule has 1 aromatic heterocycles. The van der Waals surface area contributed by atoms with Gasteiger partial charge in [-0.05, 0) is 19.4 Å². The van der Waals surface area contributed by atoms with Crippen LogP contribution in [0.2, 0.25) is 0 Å². The highest BCUT2D eigenvalue weighted by Crippen LogP contribution is 2.28. The number of thioether (sulfide) groups is 1. The fourth-order valence-electron chi connectivity index (χ4n) is 1.68. The molecule has 0 saturated carbocycles. The van der Waals surface area contributed by atoms with Crippen LogP contribution in [0.15, 0.2) is 40.0 Å². The molecule has 2 rings (SSSR count). The van der Waals surface area contributed by atoms with Gasteiger partial charge in [0.1, 0.15) is 11.3 Å². The van der Waals surface area contributed by atoms with E-state index in [2.05, 4.69) is 4.98 Å². The largest absolute Gasteiger partial charge is 0.480 e. The molecule has 5 nitrogen and oxygen atoms in total. The molecule has 0 aliphatic rings. The number of nitrogens with two attached hydrogens (primary N) is 1. The average molecular weight is 292 g/mol. The van der Waals surface area contributed by atoms with E-state index in [1.54, 1.807) is 24.3 Å².